The lowest BCUT2D eigenvalue weighted by molar-refractivity contribution is 0.389. The molecule has 1 heteroatoms. The lowest BCUT2D eigenvalue weighted by Gasteiger charge is -2.25. The molecule has 0 amide bonds. The molecule has 1 rings (SSSR count). The fourth-order valence-corrected chi connectivity index (χ4v) is 1.86. The Hall–Kier alpha value is -0.980. The van der Waals surface area contributed by atoms with Crippen LogP contribution in [-0.2, 0) is 5.41 Å². The van der Waals surface area contributed by atoms with Gasteiger partial charge in [0.1, 0.15) is 0 Å². The zero-order chi connectivity index (χ0) is 13.1. The van der Waals surface area contributed by atoms with E-state index in [2.05, 4.69) is 71.1 Å². The van der Waals surface area contributed by atoms with Crippen molar-refractivity contribution in [2.24, 2.45) is 5.41 Å². The Labute approximate surface area is 107 Å². The number of benzene rings is 1. The lowest BCUT2D eigenvalue weighted by atomic mass is 9.85. The average molecular weight is 233 g/mol. The fraction of sp³-hybridized carbons (Fsp3) is 0.625. The Morgan fingerprint density at radius 1 is 0.941 bits per heavy atom. The highest BCUT2D eigenvalue weighted by atomic mass is 14.9. The van der Waals surface area contributed by atoms with Crippen molar-refractivity contribution in [3.05, 3.63) is 29.8 Å². The molecule has 0 bridgehead atoms. The fourth-order valence-electron chi connectivity index (χ4n) is 1.86. The predicted molar refractivity (Wildman–Crippen MR) is 77.7 cm³/mol. The van der Waals surface area contributed by atoms with Gasteiger partial charge in [0.2, 0.25) is 0 Å². The van der Waals surface area contributed by atoms with E-state index in [1.807, 2.05) is 0 Å². The third kappa shape index (κ3) is 4.80. The van der Waals surface area contributed by atoms with Crippen molar-refractivity contribution in [2.75, 3.05) is 11.9 Å². The third-order valence-electron chi connectivity index (χ3n) is 2.93. The van der Waals surface area contributed by atoms with Gasteiger partial charge < -0.3 is 5.32 Å². The molecule has 0 radical (unpaired) electrons. The molecule has 0 aliphatic carbocycles. The van der Waals surface area contributed by atoms with Gasteiger partial charge in [-0.25, -0.2) is 0 Å². The number of anilines is 1. The number of hydrogen-bond donors (Lipinski definition) is 1. The smallest absolute Gasteiger partial charge is 0.0378 e. The quantitative estimate of drug-likeness (QED) is 0.788. The molecule has 0 heterocycles. The molecule has 0 aliphatic rings. The van der Waals surface area contributed by atoms with Crippen LogP contribution in [0.4, 0.5) is 5.69 Å². The van der Waals surface area contributed by atoms with Crippen molar-refractivity contribution in [3.63, 3.8) is 0 Å². The first-order valence-electron chi connectivity index (χ1n) is 6.53. The maximum Gasteiger partial charge on any atom is 0.0378 e. The van der Waals surface area contributed by atoms with Gasteiger partial charge in [-0.1, -0.05) is 59.7 Å². The summed E-state index contributed by atoms with van der Waals surface area (Å²) in [6, 6.07) is 8.63. The zero-order valence-electron chi connectivity index (χ0n) is 12.2. The Kier molecular flexibility index (Phi) is 4.24. The number of nitrogens with one attached hydrogen (secondary N) is 1. The van der Waals surface area contributed by atoms with Gasteiger partial charge >= 0.3 is 0 Å². The molecule has 96 valence electrons. The normalized spacial score (nSPS) is 12.6. The molecule has 0 saturated heterocycles. The minimum Gasteiger partial charge on any atom is -0.385 e. The van der Waals surface area contributed by atoms with E-state index in [1.54, 1.807) is 0 Å². The summed E-state index contributed by atoms with van der Waals surface area (Å²) in [7, 11) is 0. The highest BCUT2D eigenvalue weighted by Crippen LogP contribution is 2.29. The van der Waals surface area contributed by atoms with Gasteiger partial charge in [0, 0.05) is 12.2 Å². The summed E-state index contributed by atoms with van der Waals surface area (Å²) < 4.78 is 0. The first-order valence-corrected chi connectivity index (χ1v) is 6.53. The van der Waals surface area contributed by atoms with Crippen LogP contribution in [0.1, 0.15) is 53.5 Å². The number of hydrogen-bond acceptors (Lipinski definition) is 1. The van der Waals surface area contributed by atoms with E-state index in [0.717, 1.165) is 6.54 Å². The molecular weight excluding hydrogens is 206 g/mol. The number of para-hydroxylation sites is 1. The Bertz CT molecular complexity index is 353. The summed E-state index contributed by atoms with van der Waals surface area (Å²) in [5, 5.41) is 3.58. The molecule has 0 atom stereocenters. The summed E-state index contributed by atoms with van der Waals surface area (Å²) in [5.41, 5.74) is 3.27. The molecule has 17 heavy (non-hydrogen) atoms. The molecule has 0 aliphatic heterocycles. The summed E-state index contributed by atoms with van der Waals surface area (Å²) >= 11 is 0. The van der Waals surface area contributed by atoms with Crippen LogP contribution < -0.4 is 5.32 Å². The molecular formula is C16H27N. The van der Waals surface area contributed by atoms with Crippen molar-refractivity contribution < 1.29 is 0 Å². The molecule has 1 nitrogen and oxygen atoms in total. The first kappa shape index (κ1) is 14.1. The maximum atomic E-state index is 3.58. The van der Waals surface area contributed by atoms with E-state index < -0.39 is 0 Å². The Balaban J connectivity index is 2.72. The predicted octanol–water partition coefficient (Wildman–Crippen LogP) is 4.83. The molecule has 0 unspecified atom stereocenters. The van der Waals surface area contributed by atoms with Crippen LogP contribution in [0.25, 0.3) is 0 Å². The summed E-state index contributed by atoms with van der Waals surface area (Å²) in [6.45, 7) is 14.7. The van der Waals surface area contributed by atoms with Crippen molar-refractivity contribution >= 4 is 5.69 Å². The third-order valence-corrected chi connectivity index (χ3v) is 2.93. The van der Waals surface area contributed by atoms with E-state index >= 15 is 0 Å². The van der Waals surface area contributed by atoms with Gasteiger partial charge in [0.15, 0.2) is 0 Å². The second-order valence-electron chi connectivity index (χ2n) is 7.03. The minimum absolute atomic E-state index is 0.200. The zero-order valence-corrected chi connectivity index (χ0v) is 12.2. The molecule has 1 N–H and O–H groups in total. The van der Waals surface area contributed by atoms with Crippen molar-refractivity contribution in [1.82, 2.24) is 0 Å². The van der Waals surface area contributed by atoms with Crippen LogP contribution >= 0.6 is 0 Å². The van der Waals surface area contributed by atoms with Crippen LogP contribution in [0.5, 0.6) is 0 Å². The molecule has 0 spiro atoms. The maximum absolute atomic E-state index is 3.58. The van der Waals surface area contributed by atoms with E-state index in [-0.39, 0.29) is 5.41 Å². The second-order valence-corrected chi connectivity index (χ2v) is 7.03. The van der Waals surface area contributed by atoms with Gasteiger partial charge in [0.25, 0.3) is 0 Å². The molecule has 1 aromatic carbocycles. The highest BCUT2D eigenvalue weighted by Gasteiger charge is 2.17. The standard InChI is InChI=1S/C16H27N/c1-15(2,3)11-12-17-14-10-8-7-9-13(14)16(4,5)6/h7-10,17H,11-12H2,1-6H3. The van der Waals surface area contributed by atoms with Crippen molar-refractivity contribution in [3.8, 4) is 0 Å². The van der Waals surface area contributed by atoms with Gasteiger partial charge in [-0.15, -0.1) is 0 Å². The van der Waals surface area contributed by atoms with Gasteiger partial charge in [-0.3, -0.25) is 0 Å². The summed E-state index contributed by atoms with van der Waals surface area (Å²) in [6.07, 6.45) is 1.19. The highest BCUT2D eigenvalue weighted by molar-refractivity contribution is 5.54. The Morgan fingerprint density at radius 3 is 2.06 bits per heavy atom. The van der Waals surface area contributed by atoms with E-state index in [0.29, 0.717) is 5.41 Å². The monoisotopic (exact) mass is 233 g/mol. The topological polar surface area (TPSA) is 12.0 Å². The Morgan fingerprint density at radius 2 is 1.53 bits per heavy atom. The SMILES string of the molecule is CC(C)(C)CCNc1ccccc1C(C)(C)C. The molecule has 1 aromatic rings. The average Bonchev–Trinajstić information content (AvgIpc) is 2.15. The van der Waals surface area contributed by atoms with Gasteiger partial charge in [0.05, 0.1) is 0 Å². The summed E-state index contributed by atoms with van der Waals surface area (Å²) in [5.74, 6) is 0. The minimum atomic E-state index is 0.200. The largest absolute Gasteiger partial charge is 0.385 e. The molecule has 0 fully saturated rings. The van der Waals surface area contributed by atoms with E-state index in [9.17, 15) is 0 Å². The second kappa shape index (κ2) is 5.12. The first-order chi connectivity index (χ1) is 7.70. The van der Waals surface area contributed by atoms with Crippen LogP contribution in [-0.4, -0.2) is 6.54 Å². The summed E-state index contributed by atoms with van der Waals surface area (Å²) in [4.78, 5) is 0. The van der Waals surface area contributed by atoms with Gasteiger partial charge in [-0.2, -0.15) is 0 Å². The van der Waals surface area contributed by atoms with Crippen LogP contribution in [0, 0.1) is 5.41 Å². The van der Waals surface area contributed by atoms with Gasteiger partial charge in [-0.05, 0) is 28.9 Å². The van der Waals surface area contributed by atoms with Crippen LogP contribution in [0.15, 0.2) is 24.3 Å². The van der Waals surface area contributed by atoms with Crippen LogP contribution in [0.3, 0.4) is 0 Å². The van der Waals surface area contributed by atoms with Crippen molar-refractivity contribution in [2.45, 2.75) is 53.4 Å². The lowest BCUT2D eigenvalue weighted by Crippen LogP contribution is -2.17. The molecule has 0 saturated carbocycles. The van der Waals surface area contributed by atoms with Crippen molar-refractivity contribution in [1.29, 1.82) is 0 Å². The molecule has 0 aromatic heterocycles. The number of rotatable bonds is 3. The van der Waals surface area contributed by atoms with Crippen LogP contribution in [0.2, 0.25) is 0 Å². The van der Waals surface area contributed by atoms with E-state index in [4.69, 9.17) is 0 Å². The van der Waals surface area contributed by atoms with E-state index in [1.165, 1.54) is 17.7 Å².